The summed E-state index contributed by atoms with van der Waals surface area (Å²) in [5.41, 5.74) is 0. The van der Waals surface area contributed by atoms with Crippen LogP contribution in [-0.2, 0) is 14.3 Å². The van der Waals surface area contributed by atoms with E-state index in [1.807, 2.05) is 0 Å². The van der Waals surface area contributed by atoms with Gasteiger partial charge in [0.1, 0.15) is 9.75 Å². The monoisotopic (exact) mass is 368 g/mol. The average molecular weight is 371 g/mol. The fourth-order valence-electron chi connectivity index (χ4n) is 2.76. The van der Waals surface area contributed by atoms with E-state index in [-0.39, 0.29) is 16.5 Å². The molecule has 1 saturated carbocycles. The quantitative estimate of drug-likeness (QED) is 0.374. The van der Waals surface area contributed by atoms with Crippen molar-refractivity contribution >= 4 is 81.5 Å². The van der Waals surface area contributed by atoms with Gasteiger partial charge in [0.25, 0.3) is 0 Å². The standard InChI is InChI=1S/C9H2Cl6O3/c10-2-3(11)7(13)1-6(2,12)8(14)4(16)18-5(17)9(7,8)15/h1H2. The number of fused-ring (bicyclic) bond motifs is 5. The first-order valence-corrected chi connectivity index (χ1v) is 6.93. The number of rotatable bonds is 0. The molecular weight excluding hydrogens is 369 g/mol. The molecule has 3 aliphatic rings. The molecule has 2 bridgehead atoms. The number of allylic oxidation sites excluding steroid dienone is 2. The van der Waals surface area contributed by atoms with Crippen LogP contribution in [-0.4, -0.2) is 31.4 Å². The highest BCUT2D eigenvalue weighted by atomic mass is 35.5. The van der Waals surface area contributed by atoms with Crippen LogP contribution in [0.5, 0.6) is 0 Å². The van der Waals surface area contributed by atoms with Gasteiger partial charge in [-0.15, -0.1) is 46.4 Å². The first kappa shape index (κ1) is 13.6. The van der Waals surface area contributed by atoms with E-state index >= 15 is 0 Å². The minimum atomic E-state index is -2.07. The molecule has 1 heterocycles. The molecule has 0 N–H and O–H groups in total. The molecule has 3 rings (SSSR count). The number of alkyl halides is 4. The van der Waals surface area contributed by atoms with Crippen molar-refractivity contribution in [2.24, 2.45) is 0 Å². The molecule has 0 radical (unpaired) electrons. The van der Waals surface area contributed by atoms with E-state index in [1.165, 1.54) is 0 Å². The second kappa shape index (κ2) is 3.26. The van der Waals surface area contributed by atoms with E-state index in [4.69, 9.17) is 69.6 Å². The topological polar surface area (TPSA) is 43.4 Å². The Morgan fingerprint density at radius 3 is 1.50 bits per heavy atom. The highest BCUT2D eigenvalue weighted by Gasteiger charge is 2.92. The molecule has 1 aliphatic heterocycles. The number of carbonyl (C=O) groups excluding carboxylic acids is 2. The van der Waals surface area contributed by atoms with Crippen LogP contribution in [0.3, 0.4) is 0 Å². The number of ether oxygens (including phenoxy) is 1. The van der Waals surface area contributed by atoms with Crippen LogP contribution in [0.25, 0.3) is 0 Å². The van der Waals surface area contributed by atoms with Crippen molar-refractivity contribution in [3.8, 4) is 0 Å². The number of hydrogen-bond acceptors (Lipinski definition) is 3. The van der Waals surface area contributed by atoms with Gasteiger partial charge in [-0.25, -0.2) is 9.59 Å². The van der Waals surface area contributed by atoms with Gasteiger partial charge in [0, 0.05) is 6.42 Å². The van der Waals surface area contributed by atoms with Crippen molar-refractivity contribution in [2.45, 2.75) is 25.9 Å². The molecule has 9 heteroatoms. The highest BCUT2D eigenvalue weighted by molar-refractivity contribution is 6.65. The molecule has 0 spiro atoms. The van der Waals surface area contributed by atoms with E-state index in [9.17, 15) is 9.59 Å². The fourth-order valence-corrected chi connectivity index (χ4v) is 5.76. The Hall–Kier alpha value is 0.620. The van der Waals surface area contributed by atoms with Gasteiger partial charge in [-0.05, 0) is 0 Å². The van der Waals surface area contributed by atoms with Gasteiger partial charge >= 0.3 is 11.9 Å². The van der Waals surface area contributed by atoms with Crippen LogP contribution in [0.1, 0.15) is 6.42 Å². The highest BCUT2D eigenvalue weighted by Crippen LogP contribution is 2.76. The molecule has 18 heavy (non-hydrogen) atoms. The van der Waals surface area contributed by atoms with Gasteiger partial charge in [-0.2, -0.15) is 0 Å². The number of cyclic esters (lactones) is 2. The summed E-state index contributed by atoms with van der Waals surface area (Å²) in [6.07, 6.45) is -0.130. The van der Waals surface area contributed by atoms with Crippen molar-refractivity contribution in [3.05, 3.63) is 10.1 Å². The van der Waals surface area contributed by atoms with Gasteiger partial charge in [-0.3, -0.25) is 0 Å². The Morgan fingerprint density at radius 1 is 0.833 bits per heavy atom. The Labute approximate surface area is 131 Å². The van der Waals surface area contributed by atoms with E-state index in [0.717, 1.165) is 0 Å². The van der Waals surface area contributed by atoms with Gasteiger partial charge in [-0.1, -0.05) is 23.2 Å². The molecule has 0 aromatic carbocycles. The Kier molecular flexibility index (Phi) is 2.46. The summed E-state index contributed by atoms with van der Waals surface area (Å²) in [6, 6.07) is 0. The zero-order chi connectivity index (χ0) is 13.7. The van der Waals surface area contributed by atoms with Gasteiger partial charge in [0.15, 0.2) is 9.75 Å². The number of esters is 2. The fraction of sp³-hybridized carbons (Fsp3) is 0.556. The van der Waals surface area contributed by atoms with Crippen molar-refractivity contribution in [1.29, 1.82) is 0 Å². The largest absolute Gasteiger partial charge is 0.390 e. The molecule has 4 atom stereocenters. The number of hydrogen-bond donors (Lipinski definition) is 0. The second-order valence-corrected chi connectivity index (χ2v) is 7.58. The third-order valence-corrected chi connectivity index (χ3v) is 8.03. The second-order valence-electron chi connectivity index (χ2n) is 4.40. The first-order chi connectivity index (χ1) is 8.07. The Balaban J connectivity index is 2.43. The molecule has 1 saturated heterocycles. The predicted octanol–water partition coefficient (Wildman–Crippen LogP) is 3.09. The van der Waals surface area contributed by atoms with Crippen molar-refractivity contribution in [1.82, 2.24) is 0 Å². The zero-order valence-electron chi connectivity index (χ0n) is 8.20. The summed E-state index contributed by atoms with van der Waals surface area (Å²) >= 11 is 37.0. The third-order valence-electron chi connectivity index (χ3n) is 3.69. The van der Waals surface area contributed by atoms with Crippen molar-refractivity contribution in [3.63, 3.8) is 0 Å². The zero-order valence-corrected chi connectivity index (χ0v) is 12.7. The molecular formula is C9H2Cl6O3. The maximum absolute atomic E-state index is 11.9. The van der Waals surface area contributed by atoms with Crippen LogP contribution in [0, 0.1) is 0 Å². The van der Waals surface area contributed by atoms with E-state index in [2.05, 4.69) is 4.74 Å². The predicted molar refractivity (Wildman–Crippen MR) is 68.8 cm³/mol. The third kappa shape index (κ3) is 0.942. The van der Waals surface area contributed by atoms with Crippen molar-refractivity contribution in [2.75, 3.05) is 0 Å². The maximum atomic E-state index is 11.9. The van der Waals surface area contributed by atoms with E-state index in [0.29, 0.717) is 0 Å². The molecule has 2 aliphatic carbocycles. The summed E-state index contributed by atoms with van der Waals surface area (Å²) in [5, 5.41) is -0.169. The summed E-state index contributed by atoms with van der Waals surface area (Å²) in [7, 11) is 0. The smallest absolute Gasteiger partial charge is 0.339 e. The maximum Gasteiger partial charge on any atom is 0.339 e. The SMILES string of the molecule is O=C1OC(=O)C2(Cl)C3(Cl)CC(Cl)(C(Cl)=C3Cl)C12Cl. The Bertz CT molecular complexity index is 515. The molecule has 3 nitrogen and oxygen atoms in total. The summed E-state index contributed by atoms with van der Waals surface area (Å²) in [6.45, 7) is 0. The lowest BCUT2D eigenvalue weighted by Crippen LogP contribution is -2.62. The van der Waals surface area contributed by atoms with Crippen LogP contribution < -0.4 is 0 Å². The van der Waals surface area contributed by atoms with Gasteiger partial charge < -0.3 is 4.74 Å². The van der Waals surface area contributed by atoms with Crippen LogP contribution >= 0.6 is 69.6 Å². The summed E-state index contributed by atoms with van der Waals surface area (Å²) in [5.74, 6) is -2.13. The number of carbonyl (C=O) groups is 2. The number of halogens is 6. The van der Waals surface area contributed by atoms with Crippen LogP contribution in [0.4, 0.5) is 0 Å². The molecule has 0 aromatic rings. The molecule has 0 aromatic heterocycles. The molecule has 2 fully saturated rings. The van der Waals surface area contributed by atoms with Crippen molar-refractivity contribution < 1.29 is 14.3 Å². The molecule has 4 unspecified atom stereocenters. The van der Waals surface area contributed by atoms with Crippen LogP contribution in [0.15, 0.2) is 10.1 Å². The Morgan fingerprint density at radius 2 is 1.17 bits per heavy atom. The van der Waals surface area contributed by atoms with E-state index < -0.39 is 31.4 Å². The normalized spacial score (nSPS) is 54.1. The lowest BCUT2D eigenvalue weighted by Gasteiger charge is -2.40. The average Bonchev–Trinajstić information content (AvgIpc) is 2.66. The van der Waals surface area contributed by atoms with Crippen LogP contribution in [0.2, 0.25) is 0 Å². The summed E-state index contributed by atoms with van der Waals surface area (Å²) in [4.78, 5) is 16.3. The van der Waals surface area contributed by atoms with Gasteiger partial charge in [0.2, 0.25) is 0 Å². The lowest BCUT2D eigenvalue weighted by molar-refractivity contribution is -0.153. The first-order valence-electron chi connectivity index (χ1n) is 4.66. The minimum Gasteiger partial charge on any atom is -0.390 e. The van der Waals surface area contributed by atoms with Gasteiger partial charge in [0.05, 0.1) is 10.1 Å². The summed E-state index contributed by atoms with van der Waals surface area (Å²) < 4.78 is 4.49. The minimum absolute atomic E-state index is 0.0845. The molecule has 98 valence electrons. The van der Waals surface area contributed by atoms with E-state index in [1.54, 1.807) is 0 Å². The molecule has 0 amide bonds. The lowest BCUT2D eigenvalue weighted by atomic mass is 9.82.